The van der Waals surface area contributed by atoms with E-state index in [1.54, 1.807) is 12.3 Å². The van der Waals surface area contributed by atoms with Gasteiger partial charge in [-0.25, -0.2) is 13.4 Å². The molecule has 8 nitrogen and oxygen atoms in total. The maximum Gasteiger partial charge on any atom is 0.267 e. The molecule has 1 aliphatic heterocycles. The van der Waals surface area contributed by atoms with Crippen molar-refractivity contribution in [1.82, 2.24) is 14.0 Å². The van der Waals surface area contributed by atoms with Gasteiger partial charge in [0.15, 0.2) is 0 Å². The molecule has 0 saturated carbocycles. The molecule has 5 rings (SSSR count). The van der Waals surface area contributed by atoms with Crippen LogP contribution in [0.5, 0.6) is 0 Å². The first-order chi connectivity index (χ1) is 15.8. The van der Waals surface area contributed by atoms with Gasteiger partial charge in [0.2, 0.25) is 9.84 Å². The molecule has 1 aliphatic rings. The lowest BCUT2D eigenvalue weighted by atomic mass is 10.2. The number of hydrogen-bond acceptors (Lipinski definition) is 6. The lowest BCUT2D eigenvalue weighted by Gasteiger charge is -2.18. The van der Waals surface area contributed by atoms with Gasteiger partial charge in [0.05, 0.1) is 22.9 Å². The molecule has 4 aromatic rings. The predicted molar refractivity (Wildman–Crippen MR) is 123 cm³/mol. The second-order valence-corrected chi connectivity index (χ2v) is 10.5. The van der Waals surface area contributed by atoms with E-state index in [2.05, 4.69) is 4.98 Å². The Morgan fingerprint density at radius 1 is 1.21 bits per heavy atom. The standard InChI is InChI=1S/C23H21ClN4O4S/c1-14-4-2-10-27-21(14)26-22-18(23(27)29)12-19(20(25)28(22)13-16-5-3-11-32-16)33(30,31)17-8-6-15(24)7-9-17/h2,4,6-10,12,16,25H,3,5,11,13H2,1H3/t16-/m0/s1. The average Bonchev–Trinajstić information content (AvgIpc) is 3.30. The van der Waals surface area contributed by atoms with Crippen molar-refractivity contribution in [3.05, 3.63) is 75.1 Å². The van der Waals surface area contributed by atoms with Crippen LogP contribution in [0.3, 0.4) is 0 Å². The Kier molecular flexibility index (Phi) is 5.35. The van der Waals surface area contributed by atoms with Crippen LogP contribution in [0.2, 0.25) is 5.02 Å². The van der Waals surface area contributed by atoms with Crippen molar-refractivity contribution < 1.29 is 13.2 Å². The number of rotatable bonds is 4. The van der Waals surface area contributed by atoms with Gasteiger partial charge in [-0.05, 0) is 61.7 Å². The summed E-state index contributed by atoms with van der Waals surface area (Å²) in [7, 11) is -4.10. The fourth-order valence-electron chi connectivity index (χ4n) is 4.19. The van der Waals surface area contributed by atoms with Crippen LogP contribution in [0, 0.1) is 12.3 Å². The molecule has 1 N–H and O–H groups in total. The summed E-state index contributed by atoms with van der Waals surface area (Å²) < 4.78 is 35.6. The Morgan fingerprint density at radius 3 is 2.67 bits per heavy atom. The normalized spacial score (nSPS) is 16.6. The highest BCUT2D eigenvalue weighted by Gasteiger charge is 2.26. The average molecular weight is 485 g/mol. The molecule has 33 heavy (non-hydrogen) atoms. The summed E-state index contributed by atoms with van der Waals surface area (Å²) in [6.07, 6.45) is 3.09. The lowest BCUT2D eigenvalue weighted by Crippen LogP contribution is -2.33. The van der Waals surface area contributed by atoms with Crippen molar-refractivity contribution in [2.24, 2.45) is 0 Å². The van der Waals surface area contributed by atoms with E-state index < -0.39 is 15.4 Å². The molecule has 10 heteroatoms. The number of aryl methyl sites for hydroxylation is 1. The van der Waals surface area contributed by atoms with E-state index in [0.717, 1.165) is 18.4 Å². The number of fused-ring (bicyclic) bond motifs is 2. The third-order valence-corrected chi connectivity index (χ3v) is 7.96. The van der Waals surface area contributed by atoms with Crippen LogP contribution in [0.4, 0.5) is 0 Å². The third kappa shape index (κ3) is 3.66. The van der Waals surface area contributed by atoms with Gasteiger partial charge in [-0.15, -0.1) is 0 Å². The number of halogens is 1. The van der Waals surface area contributed by atoms with Crippen molar-refractivity contribution in [2.75, 3.05) is 6.61 Å². The maximum atomic E-state index is 13.5. The molecule has 1 aromatic carbocycles. The predicted octanol–water partition coefficient (Wildman–Crippen LogP) is 3.10. The number of nitrogens with one attached hydrogen (secondary N) is 1. The number of nitrogens with zero attached hydrogens (tertiary/aromatic N) is 3. The Labute approximate surface area is 194 Å². The van der Waals surface area contributed by atoms with Crippen LogP contribution in [0.25, 0.3) is 16.7 Å². The van der Waals surface area contributed by atoms with Gasteiger partial charge in [0.1, 0.15) is 21.7 Å². The first-order valence-corrected chi connectivity index (χ1v) is 12.4. The smallest absolute Gasteiger partial charge is 0.267 e. The first-order valence-electron chi connectivity index (χ1n) is 10.5. The van der Waals surface area contributed by atoms with Crippen LogP contribution in [0.15, 0.2) is 63.2 Å². The molecule has 4 heterocycles. The first kappa shape index (κ1) is 21.8. The van der Waals surface area contributed by atoms with E-state index in [1.165, 1.54) is 39.3 Å². The van der Waals surface area contributed by atoms with Crippen LogP contribution in [0.1, 0.15) is 18.4 Å². The number of aromatic nitrogens is 3. The summed E-state index contributed by atoms with van der Waals surface area (Å²) in [5.41, 5.74) is 0.892. The van der Waals surface area contributed by atoms with E-state index >= 15 is 0 Å². The third-order valence-electron chi connectivity index (χ3n) is 5.92. The summed E-state index contributed by atoms with van der Waals surface area (Å²) in [5, 5.41) is 9.35. The second-order valence-electron chi connectivity index (χ2n) is 8.10. The molecule has 170 valence electrons. The van der Waals surface area contributed by atoms with Crippen LogP contribution < -0.4 is 11.0 Å². The van der Waals surface area contributed by atoms with Gasteiger partial charge in [-0.2, -0.15) is 0 Å². The maximum absolute atomic E-state index is 13.5. The summed E-state index contributed by atoms with van der Waals surface area (Å²) in [6.45, 7) is 2.68. The fraction of sp³-hybridized carbons (Fsp3) is 0.261. The van der Waals surface area contributed by atoms with E-state index in [0.29, 0.717) is 17.3 Å². The van der Waals surface area contributed by atoms with Gasteiger partial charge < -0.3 is 9.30 Å². The summed E-state index contributed by atoms with van der Waals surface area (Å²) in [4.78, 5) is 17.8. The van der Waals surface area contributed by atoms with Gasteiger partial charge >= 0.3 is 0 Å². The molecule has 1 fully saturated rings. The van der Waals surface area contributed by atoms with E-state index in [1.807, 2.05) is 13.0 Å². The molecular formula is C23H21ClN4O4S. The molecule has 1 atom stereocenters. The van der Waals surface area contributed by atoms with Crippen LogP contribution in [-0.2, 0) is 21.1 Å². The van der Waals surface area contributed by atoms with Crippen molar-refractivity contribution in [3.8, 4) is 0 Å². The number of ether oxygens (including phenoxy) is 1. The molecule has 0 amide bonds. The topological polar surface area (TPSA) is 107 Å². The quantitative estimate of drug-likeness (QED) is 0.448. The number of hydrogen-bond donors (Lipinski definition) is 1. The molecule has 3 aromatic heterocycles. The Bertz CT molecular complexity index is 1620. The highest BCUT2D eigenvalue weighted by Crippen LogP contribution is 2.23. The van der Waals surface area contributed by atoms with Gasteiger partial charge in [0, 0.05) is 17.8 Å². The Morgan fingerprint density at radius 2 is 1.97 bits per heavy atom. The van der Waals surface area contributed by atoms with E-state index in [9.17, 15) is 13.2 Å². The lowest BCUT2D eigenvalue weighted by molar-refractivity contribution is 0.0965. The van der Waals surface area contributed by atoms with E-state index in [-0.39, 0.29) is 39.0 Å². The minimum Gasteiger partial charge on any atom is -0.376 e. The monoisotopic (exact) mass is 484 g/mol. The van der Waals surface area contributed by atoms with Crippen molar-refractivity contribution >= 4 is 38.1 Å². The Hall–Kier alpha value is -3.01. The van der Waals surface area contributed by atoms with Crippen molar-refractivity contribution in [2.45, 2.75) is 42.2 Å². The summed E-state index contributed by atoms with van der Waals surface area (Å²) in [5.74, 6) is 0. The van der Waals surface area contributed by atoms with Gasteiger partial charge in [-0.3, -0.25) is 14.6 Å². The molecule has 0 aliphatic carbocycles. The fourth-order valence-corrected chi connectivity index (χ4v) is 5.70. The zero-order chi connectivity index (χ0) is 23.3. The molecule has 0 spiro atoms. The largest absolute Gasteiger partial charge is 0.376 e. The number of benzene rings is 1. The van der Waals surface area contributed by atoms with E-state index in [4.69, 9.17) is 21.7 Å². The zero-order valence-electron chi connectivity index (χ0n) is 17.8. The highest BCUT2D eigenvalue weighted by atomic mass is 35.5. The Balaban J connectivity index is 1.86. The molecule has 0 unspecified atom stereocenters. The minimum absolute atomic E-state index is 0.00638. The highest BCUT2D eigenvalue weighted by molar-refractivity contribution is 7.91. The van der Waals surface area contributed by atoms with Gasteiger partial charge in [0.25, 0.3) is 5.56 Å². The molecule has 1 saturated heterocycles. The second kappa shape index (κ2) is 8.09. The summed E-state index contributed by atoms with van der Waals surface area (Å²) in [6, 6.07) is 10.6. The van der Waals surface area contributed by atoms with Crippen LogP contribution >= 0.6 is 11.6 Å². The molecule has 0 radical (unpaired) electrons. The van der Waals surface area contributed by atoms with Crippen LogP contribution in [-0.4, -0.2) is 35.1 Å². The molecule has 0 bridgehead atoms. The van der Waals surface area contributed by atoms with Gasteiger partial charge in [-0.1, -0.05) is 17.7 Å². The summed E-state index contributed by atoms with van der Waals surface area (Å²) >= 11 is 5.92. The van der Waals surface area contributed by atoms with Crippen molar-refractivity contribution in [3.63, 3.8) is 0 Å². The SMILES string of the molecule is Cc1cccn2c(=O)c3cc(S(=O)(=O)c4ccc(Cl)cc4)c(=N)n(C[C@@H]4CCCO4)c3nc12. The number of pyridine rings is 2. The minimum atomic E-state index is -4.10. The zero-order valence-corrected chi connectivity index (χ0v) is 19.4. The number of sulfone groups is 1. The van der Waals surface area contributed by atoms with Crippen molar-refractivity contribution in [1.29, 1.82) is 5.41 Å². The molecular weight excluding hydrogens is 464 g/mol.